The summed E-state index contributed by atoms with van der Waals surface area (Å²) in [5.41, 5.74) is 0.0189. The predicted octanol–water partition coefficient (Wildman–Crippen LogP) is 2.01. The first-order valence-corrected chi connectivity index (χ1v) is 15.6. The Kier molecular flexibility index (Phi) is 7.87. The topological polar surface area (TPSA) is 225 Å². The Morgan fingerprint density at radius 3 is 2.25 bits per heavy atom. The number of ether oxygens (including phenoxy) is 2. The zero-order valence-electron chi connectivity index (χ0n) is 21.9. The van der Waals surface area contributed by atoms with Crippen LogP contribution < -0.4 is 20.4 Å². The number of rotatable bonds is 8. The molecule has 0 bridgehead atoms. The van der Waals surface area contributed by atoms with E-state index in [2.05, 4.69) is 10.1 Å². The molecule has 1 amide bonds. The summed E-state index contributed by atoms with van der Waals surface area (Å²) in [5.74, 6) is -1.03. The SMILES string of the molecule is COc1c(N2C[C@@H](C)C[C@H](NC(=O)OC(C)(P(=O)(O)O)P(=O)(O)O)C2)ccc2c(=O)c(C(=O)O)cn(C3CC3)c12. The first-order valence-electron chi connectivity index (χ1n) is 12.3. The maximum atomic E-state index is 13.0. The Labute approximate surface area is 228 Å². The maximum absolute atomic E-state index is 13.0. The Morgan fingerprint density at radius 1 is 1.10 bits per heavy atom. The van der Waals surface area contributed by atoms with E-state index in [-0.39, 0.29) is 29.5 Å². The highest BCUT2D eigenvalue weighted by molar-refractivity contribution is 7.72. The van der Waals surface area contributed by atoms with Gasteiger partial charge in [0.05, 0.1) is 23.7 Å². The third-order valence-electron chi connectivity index (χ3n) is 7.19. The zero-order chi connectivity index (χ0) is 29.8. The molecule has 1 saturated carbocycles. The lowest BCUT2D eigenvalue weighted by atomic mass is 9.95. The van der Waals surface area contributed by atoms with E-state index in [1.54, 1.807) is 10.6 Å². The van der Waals surface area contributed by atoms with Crippen LogP contribution in [-0.4, -0.2) is 72.6 Å². The van der Waals surface area contributed by atoms with Crippen molar-refractivity contribution in [1.29, 1.82) is 0 Å². The molecule has 1 aliphatic heterocycles. The molecule has 4 rings (SSSR count). The van der Waals surface area contributed by atoms with E-state index < -0.39 is 43.8 Å². The standard InChI is InChI=1S/C23H31N3O12P2/c1-12-8-13(24-22(30)38-23(2,39(31,32)33)40(34,35)36)10-25(9-12)17-7-6-15-18(20(17)37-3)26(14-4-5-14)11-16(19(15)27)21(28)29/h6-7,11-14H,4-5,8-10H2,1-3H3,(H,24,30)(H,28,29)(H2,31,32,33)(H2,34,35,36)/t12-,13-/m0/s1. The van der Waals surface area contributed by atoms with Crippen molar-refractivity contribution < 1.29 is 52.9 Å². The molecule has 17 heteroatoms. The van der Waals surface area contributed by atoms with Gasteiger partial charge in [-0.3, -0.25) is 13.9 Å². The van der Waals surface area contributed by atoms with E-state index in [1.807, 2.05) is 11.8 Å². The average Bonchev–Trinajstić information content (AvgIpc) is 3.66. The van der Waals surface area contributed by atoms with Crippen LogP contribution in [0.2, 0.25) is 0 Å². The highest BCUT2D eigenvalue weighted by atomic mass is 31.2. The fraction of sp³-hybridized carbons (Fsp3) is 0.522. The van der Waals surface area contributed by atoms with Gasteiger partial charge in [-0.1, -0.05) is 6.92 Å². The third-order valence-corrected chi connectivity index (χ3v) is 11.1. The number of alkyl carbamates (subject to hydrolysis) is 1. The summed E-state index contributed by atoms with van der Waals surface area (Å²) in [6, 6.07) is 2.50. The zero-order valence-corrected chi connectivity index (χ0v) is 23.7. The fourth-order valence-electron chi connectivity index (χ4n) is 4.96. The van der Waals surface area contributed by atoms with Gasteiger partial charge in [0.1, 0.15) is 5.56 Å². The molecule has 2 atom stereocenters. The van der Waals surface area contributed by atoms with Gasteiger partial charge >= 0.3 is 32.3 Å². The van der Waals surface area contributed by atoms with Gasteiger partial charge in [0.15, 0.2) is 5.75 Å². The number of benzene rings is 1. The number of anilines is 1. The van der Waals surface area contributed by atoms with Crippen LogP contribution in [0, 0.1) is 5.92 Å². The number of amides is 1. The number of nitrogens with one attached hydrogen (secondary N) is 1. The molecule has 2 fully saturated rings. The van der Waals surface area contributed by atoms with Crippen molar-refractivity contribution in [3.8, 4) is 5.75 Å². The van der Waals surface area contributed by atoms with Gasteiger partial charge in [0.25, 0.3) is 0 Å². The number of pyridine rings is 1. The summed E-state index contributed by atoms with van der Waals surface area (Å²) in [5, 5.41) is 8.80. The minimum absolute atomic E-state index is 0.00664. The summed E-state index contributed by atoms with van der Waals surface area (Å²) in [6.07, 6.45) is 1.94. The van der Waals surface area contributed by atoms with Gasteiger partial charge in [-0.25, -0.2) is 9.59 Å². The Hall–Kier alpha value is -2.93. The number of carboxylic acids is 1. The number of nitrogens with zero attached hydrogens (tertiary/aromatic N) is 2. The average molecular weight is 603 g/mol. The van der Waals surface area contributed by atoms with Gasteiger partial charge < -0.3 is 48.9 Å². The molecule has 2 aliphatic rings. The lowest BCUT2D eigenvalue weighted by molar-refractivity contribution is 0.0694. The van der Waals surface area contributed by atoms with Crippen LogP contribution in [0.3, 0.4) is 0 Å². The molecule has 15 nitrogen and oxygen atoms in total. The van der Waals surface area contributed by atoms with Crippen LogP contribution in [0.4, 0.5) is 10.5 Å². The number of fused-ring (bicyclic) bond motifs is 1. The second-order valence-electron chi connectivity index (χ2n) is 10.3. The first-order chi connectivity index (χ1) is 18.5. The number of carbonyl (C=O) groups is 2. The summed E-state index contributed by atoms with van der Waals surface area (Å²) in [4.78, 5) is 77.0. The van der Waals surface area contributed by atoms with Crippen LogP contribution in [0.5, 0.6) is 5.75 Å². The lowest BCUT2D eigenvalue weighted by Crippen LogP contribution is -2.51. The minimum atomic E-state index is -5.58. The van der Waals surface area contributed by atoms with Gasteiger partial charge in [-0.15, -0.1) is 0 Å². The number of aromatic carboxylic acids is 1. The Bertz CT molecular complexity index is 1490. The van der Waals surface area contributed by atoms with Crippen LogP contribution in [0.15, 0.2) is 23.1 Å². The summed E-state index contributed by atoms with van der Waals surface area (Å²) in [7, 11) is -9.74. The summed E-state index contributed by atoms with van der Waals surface area (Å²) >= 11 is 0. The molecule has 40 heavy (non-hydrogen) atoms. The molecule has 1 aromatic heterocycles. The van der Waals surface area contributed by atoms with Gasteiger partial charge in [-0.05, 0) is 44.2 Å². The van der Waals surface area contributed by atoms with Crippen molar-refractivity contribution >= 4 is 43.8 Å². The molecule has 6 N–H and O–H groups in total. The van der Waals surface area contributed by atoms with Gasteiger partial charge in [0, 0.05) is 31.4 Å². The quantitative estimate of drug-likeness (QED) is 0.238. The number of carbonyl (C=O) groups excluding carboxylic acids is 1. The molecule has 2 aromatic rings. The number of hydrogen-bond donors (Lipinski definition) is 6. The van der Waals surface area contributed by atoms with Crippen molar-refractivity contribution in [3.05, 3.63) is 34.1 Å². The number of aromatic nitrogens is 1. The third kappa shape index (κ3) is 5.50. The molecule has 2 heterocycles. The molecule has 0 spiro atoms. The lowest BCUT2D eigenvalue weighted by Gasteiger charge is -2.39. The number of methoxy groups -OCH3 is 1. The van der Waals surface area contributed by atoms with Crippen LogP contribution >= 0.6 is 15.2 Å². The van der Waals surface area contributed by atoms with E-state index in [4.69, 9.17) is 4.74 Å². The molecule has 1 saturated heterocycles. The maximum Gasteiger partial charge on any atom is 0.409 e. The Morgan fingerprint density at radius 2 is 1.73 bits per heavy atom. The predicted molar refractivity (Wildman–Crippen MR) is 142 cm³/mol. The van der Waals surface area contributed by atoms with Crippen LogP contribution in [0.25, 0.3) is 10.9 Å². The van der Waals surface area contributed by atoms with Gasteiger partial charge in [-0.2, -0.15) is 0 Å². The van der Waals surface area contributed by atoms with E-state index in [9.17, 15) is 48.2 Å². The monoisotopic (exact) mass is 603 g/mol. The van der Waals surface area contributed by atoms with Crippen molar-refractivity contribution in [2.75, 3.05) is 25.1 Å². The fourth-order valence-corrected chi connectivity index (χ4v) is 6.73. The Balaban J connectivity index is 1.67. The molecular formula is C23H31N3O12P2. The largest absolute Gasteiger partial charge is 0.492 e. The second-order valence-corrected chi connectivity index (χ2v) is 14.6. The molecule has 1 aromatic carbocycles. The highest BCUT2D eigenvalue weighted by Gasteiger charge is 2.60. The first kappa shape index (κ1) is 30.0. The smallest absolute Gasteiger partial charge is 0.409 e. The molecule has 1 aliphatic carbocycles. The van der Waals surface area contributed by atoms with Crippen molar-refractivity contribution in [2.24, 2.45) is 5.92 Å². The van der Waals surface area contributed by atoms with Crippen molar-refractivity contribution in [1.82, 2.24) is 9.88 Å². The summed E-state index contributed by atoms with van der Waals surface area (Å²) < 4.78 is 35.7. The van der Waals surface area contributed by atoms with Crippen LogP contribution in [-0.2, 0) is 13.9 Å². The van der Waals surface area contributed by atoms with Crippen molar-refractivity contribution in [2.45, 2.75) is 50.3 Å². The van der Waals surface area contributed by atoms with Crippen molar-refractivity contribution in [3.63, 3.8) is 0 Å². The summed E-state index contributed by atoms with van der Waals surface area (Å²) in [6.45, 7) is 3.02. The second kappa shape index (κ2) is 10.5. The van der Waals surface area contributed by atoms with E-state index in [1.165, 1.54) is 19.4 Å². The minimum Gasteiger partial charge on any atom is -0.492 e. The van der Waals surface area contributed by atoms with Gasteiger partial charge in [0.2, 0.25) is 5.43 Å². The molecule has 0 unspecified atom stereocenters. The number of carboxylic acid groups (broad SMARTS) is 1. The molecular weight excluding hydrogens is 572 g/mol. The van der Waals surface area contributed by atoms with E-state index in [0.29, 0.717) is 36.8 Å². The number of hydrogen-bond acceptors (Lipinski definition) is 8. The van der Waals surface area contributed by atoms with Crippen LogP contribution in [0.1, 0.15) is 49.5 Å². The van der Waals surface area contributed by atoms with E-state index >= 15 is 0 Å². The number of piperidine rings is 1. The molecule has 220 valence electrons. The normalized spacial score (nSPS) is 20.3. The highest BCUT2D eigenvalue weighted by Crippen LogP contribution is 2.69. The molecule has 0 radical (unpaired) electrons. The van der Waals surface area contributed by atoms with E-state index in [0.717, 1.165) is 12.8 Å².